The molecule has 0 aromatic carbocycles. The maximum Gasteiger partial charge on any atom is 0.306 e. The smallest absolute Gasteiger partial charge is 0.306 e. The van der Waals surface area contributed by atoms with Gasteiger partial charge in [-0.1, -0.05) is 40.7 Å². The third-order valence-electron chi connectivity index (χ3n) is 9.90. The highest BCUT2D eigenvalue weighted by Crippen LogP contribution is 2.72. The molecule has 0 aromatic rings. The maximum absolute atomic E-state index is 15.0. The summed E-state index contributed by atoms with van der Waals surface area (Å²) in [6.07, 6.45) is 2.92. The van der Waals surface area contributed by atoms with Gasteiger partial charge in [-0.2, -0.15) is 0 Å². The molecule has 204 valence electrons. The molecule has 0 aromatic heterocycles. The van der Waals surface area contributed by atoms with Crippen molar-refractivity contribution in [1.29, 1.82) is 0 Å². The first-order chi connectivity index (χ1) is 17.2. The molecule has 0 heterocycles. The number of Topliss-reactive ketones (excluding diaryl/α,β-unsaturated/α-hetero) is 1. The molecule has 4 aliphatic carbocycles. The van der Waals surface area contributed by atoms with E-state index < -0.39 is 69.3 Å². The van der Waals surface area contributed by atoms with Crippen molar-refractivity contribution >= 4 is 35.1 Å². The number of alkyl halides is 1. The Morgan fingerprint density at radius 1 is 1.16 bits per heavy atom. The van der Waals surface area contributed by atoms with E-state index in [0.717, 1.165) is 0 Å². The highest BCUT2D eigenvalue weighted by molar-refractivity contribution is 6.26. The van der Waals surface area contributed by atoms with Crippen LogP contribution in [-0.2, 0) is 28.7 Å². The van der Waals surface area contributed by atoms with Crippen molar-refractivity contribution < 1.29 is 38.1 Å². The largest absolute Gasteiger partial charge is 0.457 e. The van der Waals surface area contributed by atoms with E-state index in [1.165, 1.54) is 6.08 Å². The summed E-state index contributed by atoms with van der Waals surface area (Å²) in [5.74, 6) is -4.19. The van der Waals surface area contributed by atoms with E-state index in [2.05, 4.69) is 0 Å². The van der Waals surface area contributed by atoms with Crippen LogP contribution in [-0.4, -0.2) is 51.8 Å². The van der Waals surface area contributed by atoms with Crippen molar-refractivity contribution in [3.8, 4) is 0 Å². The quantitative estimate of drug-likeness (QED) is 0.395. The number of aliphatic hydroxyl groups excluding tert-OH is 1. The van der Waals surface area contributed by atoms with Crippen LogP contribution in [0.2, 0.25) is 0 Å². The Labute approximate surface area is 221 Å². The fraction of sp³-hybridized carbons (Fsp3) is 0.714. The number of hydrogen-bond donors (Lipinski definition) is 1. The molecule has 9 heteroatoms. The molecule has 3 fully saturated rings. The minimum absolute atomic E-state index is 0.0126. The molecule has 0 unspecified atom stereocenters. The zero-order valence-electron chi connectivity index (χ0n) is 22.1. The SMILES string of the molecule is CCC(=O)OCC(=O)[C@@]1(OC(=O)CC)[C@@H](C)C[C@H]2[C@@H]3CCC4=C(F)C(=O)C=C[C@]4(C)[C@@]3(Cl)[C@@H](O)C[C@@]21C. The van der Waals surface area contributed by atoms with E-state index in [1.54, 1.807) is 26.8 Å². The number of allylic oxidation sites excluding steroid dienone is 4. The average molecular weight is 539 g/mol. The molecule has 3 saturated carbocycles. The Balaban J connectivity index is 1.82. The average Bonchev–Trinajstić information content (AvgIpc) is 3.07. The third kappa shape index (κ3) is 3.61. The van der Waals surface area contributed by atoms with E-state index in [0.29, 0.717) is 18.4 Å². The predicted molar refractivity (Wildman–Crippen MR) is 133 cm³/mol. The number of esters is 2. The Bertz CT molecular complexity index is 1100. The first-order valence-electron chi connectivity index (χ1n) is 13.1. The Morgan fingerprint density at radius 2 is 1.81 bits per heavy atom. The fourth-order valence-electron chi connectivity index (χ4n) is 8.08. The number of ether oxygens (including phenoxy) is 2. The van der Waals surface area contributed by atoms with E-state index in [9.17, 15) is 24.3 Å². The van der Waals surface area contributed by atoms with Gasteiger partial charge >= 0.3 is 11.9 Å². The molecule has 7 nitrogen and oxygen atoms in total. The van der Waals surface area contributed by atoms with E-state index in [1.807, 2.05) is 13.8 Å². The third-order valence-corrected chi connectivity index (χ3v) is 10.8. The van der Waals surface area contributed by atoms with Crippen LogP contribution in [0.4, 0.5) is 4.39 Å². The number of rotatable bonds is 6. The molecule has 1 N–H and O–H groups in total. The molecule has 0 amide bonds. The number of aliphatic hydroxyl groups is 1. The summed E-state index contributed by atoms with van der Waals surface area (Å²) >= 11 is 7.38. The fourth-order valence-corrected chi connectivity index (χ4v) is 8.60. The van der Waals surface area contributed by atoms with Crippen LogP contribution in [0.15, 0.2) is 23.6 Å². The molecule has 0 spiro atoms. The van der Waals surface area contributed by atoms with Crippen LogP contribution in [0.1, 0.15) is 73.1 Å². The number of halogens is 2. The van der Waals surface area contributed by atoms with Crippen molar-refractivity contribution in [3.05, 3.63) is 23.6 Å². The Morgan fingerprint density at radius 3 is 2.43 bits per heavy atom. The van der Waals surface area contributed by atoms with Crippen LogP contribution in [0, 0.1) is 28.6 Å². The molecule has 0 radical (unpaired) electrons. The number of carbonyl (C=O) groups excluding carboxylic acids is 4. The number of hydrogen-bond acceptors (Lipinski definition) is 7. The van der Waals surface area contributed by atoms with Gasteiger partial charge in [-0.05, 0) is 49.2 Å². The lowest BCUT2D eigenvalue weighted by Crippen LogP contribution is -2.69. The van der Waals surface area contributed by atoms with Crippen molar-refractivity contribution in [2.24, 2.45) is 28.6 Å². The van der Waals surface area contributed by atoms with Crippen molar-refractivity contribution in [2.45, 2.75) is 89.7 Å². The van der Waals surface area contributed by atoms with Gasteiger partial charge in [0.25, 0.3) is 0 Å². The number of fused-ring (bicyclic) bond motifs is 5. The lowest BCUT2D eigenvalue weighted by atomic mass is 9.45. The molecular formula is C28H36ClFO7. The van der Waals surface area contributed by atoms with Gasteiger partial charge in [-0.15, -0.1) is 11.6 Å². The van der Waals surface area contributed by atoms with E-state index in [4.69, 9.17) is 21.1 Å². The number of ketones is 2. The lowest BCUT2D eigenvalue weighted by molar-refractivity contribution is -0.203. The molecule has 4 aliphatic rings. The first kappa shape index (κ1) is 28.0. The van der Waals surface area contributed by atoms with Gasteiger partial charge in [-0.3, -0.25) is 19.2 Å². The minimum Gasteiger partial charge on any atom is -0.457 e. The molecule has 37 heavy (non-hydrogen) atoms. The van der Waals surface area contributed by atoms with Crippen LogP contribution in [0.3, 0.4) is 0 Å². The highest BCUT2D eigenvalue weighted by atomic mass is 35.5. The normalized spacial score (nSPS) is 42.5. The Kier molecular flexibility index (Phi) is 7.03. The molecule has 8 atom stereocenters. The lowest BCUT2D eigenvalue weighted by Gasteiger charge is -2.64. The van der Waals surface area contributed by atoms with Gasteiger partial charge in [-0.25, -0.2) is 4.39 Å². The van der Waals surface area contributed by atoms with Crippen molar-refractivity contribution in [1.82, 2.24) is 0 Å². The van der Waals surface area contributed by atoms with Crippen LogP contribution < -0.4 is 0 Å². The summed E-state index contributed by atoms with van der Waals surface area (Å²) in [6, 6.07) is 0. The van der Waals surface area contributed by atoms with Crippen molar-refractivity contribution in [2.75, 3.05) is 6.61 Å². The van der Waals surface area contributed by atoms with Gasteiger partial charge in [0.1, 0.15) is 0 Å². The molecular weight excluding hydrogens is 503 g/mol. The van der Waals surface area contributed by atoms with Crippen LogP contribution >= 0.6 is 11.6 Å². The summed E-state index contributed by atoms with van der Waals surface area (Å²) < 4.78 is 26.2. The van der Waals surface area contributed by atoms with Crippen LogP contribution in [0.5, 0.6) is 0 Å². The molecule has 0 bridgehead atoms. The molecule has 0 saturated heterocycles. The van der Waals surface area contributed by atoms with Gasteiger partial charge in [0, 0.05) is 29.6 Å². The molecule has 4 rings (SSSR count). The second kappa shape index (κ2) is 9.30. The summed E-state index contributed by atoms with van der Waals surface area (Å²) in [7, 11) is 0. The summed E-state index contributed by atoms with van der Waals surface area (Å²) in [5.41, 5.74) is -3.45. The second-order valence-electron chi connectivity index (χ2n) is 11.5. The zero-order valence-corrected chi connectivity index (χ0v) is 22.8. The number of carbonyl (C=O) groups is 4. The van der Waals surface area contributed by atoms with Gasteiger partial charge < -0.3 is 14.6 Å². The summed E-state index contributed by atoms with van der Waals surface area (Å²) in [6.45, 7) is 8.16. The van der Waals surface area contributed by atoms with E-state index in [-0.39, 0.29) is 37.5 Å². The van der Waals surface area contributed by atoms with Gasteiger partial charge in [0.15, 0.2) is 18.0 Å². The standard InChI is InChI=1S/C28H36ClFO7/c1-6-22(34)36-14-21(33)28(37-23(35)7-2)15(3)12-18-16-8-9-17-24(30)19(31)10-11-25(17,4)27(16,29)20(32)13-26(18,28)5/h10-11,15-16,18,20,32H,6-9,12-14H2,1-5H3/t15-,16-,18-,20-,25-,26-,27-,28-/m0/s1. The topological polar surface area (TPSA) is 107 Å². The van der Waals surface area contributed by atoms with Crippen LogP contribution in [0.25, 0.3) is 0 Å². The van der Waals surface area contributed by atoms with Crippen molar-refractivity contribution in [3.63, 3.8) is 0 Å². The zero-order chi connectivity index (χ0) is 27.6. The maximum atomic E-state index is 15.0. The second-order valence-corrected chi connectivity index (χ2v) is 12.1. The van der Waals surface area contributed by atoms with Gasteiger partial charge in [0.05, 0.1) is 11.0 Å². The predicted octanol–water partition coefficient (Wildman–Crippen LogP) is 4.38. The monoisotopic (exact) mass is 538 g/mol. The molecule has 0 aliphatic heterocycles. The highest BCUT2D eigenvalue weighted by Gasteiger charge is 2.76. The first-order valence-corrected chi connectivity index (χ1v) is 13.5. The van der Waals surface area contributed by atoms with E-state index >= 15 is 4.39 Å². The summed E-state index contributed by atoms with van der Waals surface area (Å²) in [5, 5.41) is 11.7. The summed E-state index contributed by atoms with van der Waals surface area (Å²) in [4.78, 5) is 49.2. The Hall–Kier alpha value is -2.06. The minimum atomic E-state index is -1.63. The van der Waals surface area contributed by atoms with Gasteiger partial charge in [0.2, 0.25) is 11.6 Å².